The Morgan fingerprint density at radius 3 is 2.76 bits per heavy atom. The third-order valence-electron chi connectivity index (χ3n) is 3.98. The minimum Gasteiger partial charge on any atom is -0.484 e. The maximum absolute atomic E-state index is 11.8. The van der Waals surface area contributed by atoms with Crippen LogP contribution in [-0.2, 0) is 20.8 Å². The van der Waals surface area contributed by atoms with Crippen molar-refractivity contribution in [1.29, 1.82) is 0 Å². The van der Waals surface area contributed by atoms with E-state index in [4.69, 9.17) is 9.84 Å². The molecule has 0 saturated carbocycles. The van der Waals surface area contributed by atoms with Crippen molar-refractivity contribution in [3.05, 3.63) is 23.8 Å². The fourth-order valence-electron chi connectivity index (χ4n) is 2.63. The lowest BCUT2D eigenvalue weighted by molar-refractivity contribution is -0.137. The van der Waals surface area contributed by atoms with E-state index in [2.05, 4.69) is 10.6 Å². The van der Waals surface area contributed by atoms with Crippen LogP contribution in [0.3, 0.4) is 0 Å². The number of ether oxygens (including phenoxy) is 1. The zero-order valence-corrected chi connectivity index (χ0v) is 14.2. The summed E-state index contributed by atoms with van der Waals surface area (Å²) >= 11 is 0. The highest BCUT2D eigenvalue weighted by atomic mass is 16.5. The summed E-state index contributed by atoms with van der Waals surface area (Å²) in [5.74, 6) is -0.325. The number of hydrogen-bond acceptors (Lipinski definition) is 4. The van der Waals surface area contributed by atoms with E-state index in [0.29, 0.717) is 31.6 Å². The Labute approximate surface area is 146 Å². The Morgan fingerprint density at radius 1 is 1.16 bits per heavy atom. The molecule has 0 aliphatic carbocycles. The largest absolute Gasteiger partial charge is 0.484 e. The van der Waals surface area contributed by atoms with Crippen molar-refractivity contribution >= 4 is 23.5 Å². The number of nitrogens with one attached hydrogen (secondary N) is 2. The standard InChI is InChI=1S/C18H24N2O5/c21-16-9-6-13-11-14(7-8-15(13)20-16)25-12-17(22)19-10-4-2-1-3-5-18(23)24/h7-8,11H,1-6,9-10,12H2,(H,19,22)(H,20,21)(H,23,24). The van der Waals surface area contributed by atoms with E-state index in [-0.39, 0.29) is 24.8 Å². The molecule has 0 spiro atoms. The Balaban J connectivity index is 1.60. The number of unbranched alkanes of at least 4 members (excludes halogenated alkanes) is 3. The van der Waals surface area contributed by atoms with Gasteiger partial charge in [-0.05, 0) is 43.0 Å². The smallest absolute Gasteiger partial charge is 0.303 e. The summed E-state index contributed by atoms with van der Waals surface area (Å²) in [6, 6.07) is 5.38. The molecule has 1 heterocycles. The highest BCUT2D eigenvalue weighted by Crippen LogP contribution is 2.26. The Kier molecular flexibility index (Phi) is 7.25. The normalized spacial score (nSPS) is 12.9. The highest BCUT2D eigenvalue weighted by Gasteiger charge is 2.15. The summed E-state index contributed by atoms with van der Waals surface area (Å²) in [5, 5.41) is 14.1. The van der Waals surface area contributed by atoms with Crippen molar-refractivity contribution in [1.82, 2.24) is 5.32 Å². The minimum atomic E-state index is -0.769. The summed E-state index contributed by atoms with van der Waals surface area (Å²) in [6.45, 7) is 0.510. The number of aliphatic carboxylic acids is 1. The second-order valence-electron chi connectivity index (χ2n) is 6.06. The SMILES string of the molecule is O=C(O)CCCCCCNC(=O)COc1ccc2c(c1)CCC(=O)N2. The lowest BCUT2D eigenvalue weighted by Crippen LogP contribution is -2.29. The average Bonchev–Trinajstić information content (AvgIpc) is 2.58. The molecule has 0 saturated heterocycles. The first-order chi connectivity index (χ1) is 12.0. The van der Waals surface area contributed by atoms with Gasteiger partial charge in [-0.1, -0.05) is 12.8 Å². The maximum Gasteiger partial charge on any atom is 0.303 e. The Hall–Kier alpha value is -2.57. The number of benzene rings is 1. The van der Waals surface area contributed by atoms with Crippen LogP contribution in [-0.4, -0.2) is 36.0 Å². The van der Waals surface area contributed by atoms with Crippen LogP contribution in [0.1, 0.15) is 44.1 Å². The highest BCUT2D eigenvalue weighted by molar-refractivity contribution is 5.94. The van der Waals surface area contributed by atoms with E-state index in [1.54, 1.807) is 12.1 Å². The van der Waals surface area contributed by atoms with Gasteiger partial charge in [0, 0.05) is 25.1 Å². The average molecular weight is 348 g/mol. The van der Waals surface area contributed by atoms with Gasteiger partial charge in [0.05, 0.1) is 0 Å². The van der Waals surface area contributed by atoms with Crippen LogP contribution in [0.2, 0.25) is 0 Å². The molecule has 1 aromatic carbocycles. The number of carboxylic acids is 1. The van der Waals surface area contributed by atoms with Crippen molar-refractivity contribution in [3.63, 3.8) is 0 Å². The molecule has 0 fully saturated rings. The van der Waals surface area contributed by atoms with Crippen LogP contribution >= 0.6 is 0 Å². The molecule has 3 N–H and O–H groups in total. The van der Waals surface area contributed by atoms with Crippen LogP contribution in [0.25, 0.3) is 0 Å². The lowest BCUT2D eigenvalue weighted by atomic mass is 10.0. The van der Waals surface area contributed by atoms with Crippen LogP contribution < -0.4 is 15.4 Å². The van der Waals surface area contributed by atoms with Gasteiger partial charge in [0.25, 0.3) is 5.91 Å². The second kappa shape index (κ2) is 9.66. The molecule has 0 aromatic heterocycles. The lowest BCUT2D eigenvalue weighted by Gasteiger charge is -2.17. The minimum absolute atomic E-state index is 0.0171. The van der Waals surface area contributed by atoms with Gasteiger partial charge in [0.1, 0.15) is 5.75 Å². The van der Waals surface area contributed by atoms with Crippen molar-refractivity contribution < 1.29 is 24.2 Å². The van der Waals surface area contributed by atoms with E-state index >= 15 is 0 Å². The molecule has 0 radical (unpaired) electrons. The van der Waals surface area contributed by atoms with E-state index in [1.165, 1.54) is 0 Å². The van der Waals surface area contributed by atoms with Gasteiger partial charge >= 0.3 is 5.97 Å². The molecule has 0 bridgehead atoms. The summed E-state index contributed by atoms with van der Waals surface area (Å²) in [6.07, 6.45) is 4.57. The molecule has 0 atom stereocenters. The fourth-order valence-corrected chi connectivity index (χ4v) is 2.63. The molecular weight excluding hydrogens is 324 g/mol. The number of hydrogen-bond donors (Lipinski definition) is 3. The molecule has 7 nitrogen and oxygen atoms in total. The summed E-state index contributed by atoms with van der Waals surface area (Å²) in [4.78, 5) is 33.4. The summed E-state index contributed by atoms with van der Waals surface area (Å²) < 4.78 is 5.49. The van der Waals surface area contributed by atoms with E-state index < -0.39 is 5.97 Å². The van der Waals surface area contributed by atoms with Gasteiger partial charge in [-0.25, -0.2) is 0 Å². The van der Waals surface area contributed by atoms with Gasteiger partial charge in [-0.15, -0.1) is 0 Å². The zero-order valence-electron chi connectivity index (χ0n) is 14.2. The van der Waals surface area contributed by atoms with Gasteiger partial charge in [0.2, 0.25) is 5.91 Å². The molecule has 1 aliphatic rings. The summed E-state index contributed by atoms with van der Waals surface area (Å²) in [5.41, 5.74) is 1.81. The number of aryl methyl sites for hydroxylation is 1. The molecule has 2 rings (SSSR count). The number of amides is 2. The van der Waals surface area contributed by atoms with Crippen LogP contribution in [0.4, 0.5) is 5.69 Å². The monoisotopic (exact) mass is 348 g/mol. The summed E-state index contributed by atoms with van der Waals surface area (Å²) in [7, 11) is 0. The van der Waals surface area contributed by atoms with E-state index in [9.17, 15) is 14.4 Å². The van der Waals surface area contributed by atoms with Crippen molar-refractivity contribution in [3.8, 4) is 5.75 Å². The first kappa shape index (κ1) is 18.8. The van der Waals surface area contributed by atoms with E-state index in [1.807, 2.05) is 6.07 Å². The number of carbonyl (C=O) groups is 3. The van der Waals surface area contributed by atoms with Crippen LogP contribution in [0.5, 0.6) is 5.75 Å². The van der Waals surface area contributed by atoms with Crippen molar-refractivity contribution in [2.45, 2.75) is 44.9 Å². The predicted molar refractivity (Wildman–Crippen MR) is 92.6 cm³/mol. The van der Waals surface area contributed by atoms with Crippen molar-refractivity contribution in [2.24, 2.45) is 0 Å². The first-order valence-electron chi connectivity index (χ1n) is 8.58. The van der Waals surface area contributed by atoms with Crippen molar-refractivity contribution in [2.75, 3.05) is 18.5 Å². The fraction of sp³-hybridized carbons (Fsp3) is 0.500. The van der Waals surface area contributed by atoms with Crippen LogP contribution in [0, 0.1) is 0 Å². The zero-order chi connectivity index (χ0) is 18.1. The Morgan fingerprint density at radius 2 is 1.96 bits per heavy atom. The topological polar surface area (TPSA) is 105 Å². The van der Waals surface area contributed by atoms with Gasteiger partial charge < -0.3 is 20.5 Å². The molecule has 1 aliphatic heterocycles. The number of rotatable bonds is 10. The molecule has 25 heavy (non-hydrogen) atoms. The Bertz CT molecular complexity index is 630. The molecule has 136 valence electrons. The first-order valence-corrected chi connectivity index (χ1v) is 8.58. The third-order valence-corrected chi connectivity index (χ3v) is 3.98. The second-order valence-corrected chi connectivity index (χ2v) is 6.06. The molecule has 2 amide bonds. The number of anilines is 1. The molecule has 0 unspecified atom stereocenters. The molecule has 7 heteroatoms. The van der Waals surface area contributed by atoms with Gasteiger partial charge in [-0.2, -0.15) is 0 Å². The number of fused-ring (bicyclic) bond motifs is 1. The molecule has 1 aromatic rings. The van der Waals surface area contributed by atoms with E-state index in [0.717, 1.165) is 30.5 Å². The number of carbonyl (C=O) groups excluding carboxylic acids is 2. The number of carboxylic acid groups (broad SMARTS) is 1. The quantitative estimate of drug-likeness (QED) is 0.562. The van der Waals surface area contributed by atoms with Gasteiger partial charge in [0.15, 0.2) is 6.61 Å². The molecular formula is C18H24N2O5. The van der Waals surface area contributed by atoms with Crippen LogP contribution in [0.15, 0.2) is 18.2 Å². The third kappa shape index (κ3) is 6.82. The predicted octanol–water partition coefficient (Wildman–Crippen LogP) is 2.10. The van der Waals surface area contributed by atoms with Gasteiger partial charge in [-0.3, -0.25) is 14.4 Å². The maximum atomic E-state index is 11.8.